The van der Waals surface area contributed by atoms with Crippen LogP contribution in [-0.2, 0) is 0 Å². The molecule has 0 amide bonds. The predicted octanol–water partition coefficient (Wildman–Crippen LogP) is 5.00. The largest absolute Gasteiger partial charge is 0.493 e. The zero-order valence-electron chi connectivity index (χ0n) is 17.0. The highest BCUT2D eigenvalue weighted by Gasteiger charge is 2.19. The molecular formula is C22H24BrFN4O2. The Hall–Kier alpha value is -2.45. The summed E-state index contributed by atoms with van der Waals surface area (Å²) in [6.07, 6.45) is 3.76. The zero-order chi connectivity index (χ0) is 21.1. The van der Waals surface area contributed by atoms with Gasteiger partial charge in [0.1, 0.15) is 18.0 Å². The van der Waals surface area contributed by atoms with Crippen LogP contribution in [0.2, 0.25) is 0 Å². The van der Waals surface area contributed by atoms with Crippen molar-refractivity contribution in [3.63, 3.8) is 0 Å². The van der Waals surface area contributed by atoms with Gasteiger partial charge in [0.25, 0.3) is 0 Å². The van der Waals surface area contributed by atoms with Crippen molar-refractivity contribution in [3.05, 3.63) is 46.9 Å². The summed E-state index contributed by atoms with van der Waals surface area (Å²) in [5.74, 6) is 2.14. The normalized spacial score (nSPS) is 15.3. The van der Waals surface area contributed by atoms with Crippen LogP contribution in [0.4, 0.5) is 15.9 Å². The van der Waals surface area contributed by atoms with E-state index in [-0.39, 0.29) is 5.82 Å². The quantitative estimate of drug-likeness (QED) is 0.542. The van der Waals surface area contributed by atoms with Crippen LogP contribution in [0.15, 0.2) is 41.1 Å². The molecule has 1 aliphatic rings. The fourth-order valence-electron chi connectivity index (χ4n) is 3.59. The van der Waals surface area contributed by atoms with E-state index >= 15 is 0 Å². The number of likely N-dealkylation sites (tertiary alicyclic amines) is 1. The number of fused-ring (bicyclic) bond motifs is 1. The predicted molar refractivity (Wildman–Crippen MR) is 119 cm³/mol. The number of aromatic nitrogens is 2. The number of hydrogen-bond acceptors (Lipinski definition) is 6. The molecule has 0 bridgehead atoms. The van der Waals surface area contributed by atoms with Crippen molar-refractivity contribution in [1.82, 2.24) is 14.9 Å². The standard InChI is InChI=1S/C22H24BrFN4O2/c1-28-7-5-14(6-8-28)12-30-21-11-19-16(10-20(21)29-2)22(26-13-25-19)27-18-4-3-15(24)9-17(18)23/h3-4,9-11,13-14H,5-8,12H2,1-2H3,(H,25,26,27). The molecule has 4 rings (SSSR count). The van der Waals surface area contributed by atoms with Crippen LogP contribution in [0.3, 0.4) is 0 Å². The molecule has 1 aromatic heterocycles. The molecule has 1 fully saturated rings. The van der Waals surface area contributed by atoms with Crippen molar-refractivity contribution >= 4 is 38.3 Å². The van der Waals surface area contributed by atoms with E-state index < -0.39 is 0 Å². The maximum absolute atomic E-state index is 13.4. The first-order chi connectivity index (χ1) is 14.5. The van der Waals surface area contributed by atoms with Crippen molar-refractivity contribution in [3.8, 4) is 11.5 Å². The average Bonchev–Trinajstić information content (AvgIpc) is 2.75. The van der Waals surface area contributed by atoms with Crippen LogP contribution in [0, 0.1) is 11.7 Å². The fraction of sp³-hybridized carbons (Fsp3) is 0.364. The number of methoxy groups -OCH3 is 1. The number of rotatable bonds is 6. The molecule has 158 valence electrons. The van der Waals surface area contributed by atoms with Gasteiger partial charge in [-0.25, -0.2) is 14.4 Å². The average molecular weight is 475 g/mol. The van der Waals surface area contributed by atoms with Gasteiger partial charge in [-0.05, 0) is 79.1 Å². The van der Waals surface area contributed by atoms with E-state index in [1.165, 1.54) is 18.5 Å². The molecular weight excluding hydrogens is 451 g/mol. The lowest BCUT2D eigenvalue weighted by atomic mass is 9.98. The third-order valence-electron chi connectivity index (χ3n) is 5.42. The van der Waals surface area contributed by atoms with Gasteiger partial charge in [0.05, 0.1) is 24.9 Å². The van der Waals surface area contributed by atoms with Crippen LogP contribution in [-0.4, -0.2) is 48.7 Å². The molecule has 30 heavy (non-hydrogen) atoms. The summed E-state index contributed by atoms with van der Waals surface area (Å²) in [7, 11) is 3.77. The number of ether oxygens (including phenoxy) is 2. The zero-order valence-corrected chi connectivity index (χ0v) is 18.6. The van der Waals surface area contributed by atoms with Gasteiger partial charge in [0.15, 0.2) is 11.5 Å². The van der Waals surface area contributed by atoms with E-state index in [1.54, 1.807) is 13.2 Å². The molecule has 0 aliphatic carbocycles. The third-order valence-corrected chi connectivity index (χ3v) is 6.07. The highest BCUT2D eigenvalue weighted by molar-refractivity contribution is 9.10. The second-order valence-electron chi connectivity index (χ2n) is 7.55. The number of halogens is 2. The van der Waals surface area contributed by atoms with Gasteiger partial charge in [-0.2, -0.15) is 0 Å². The summed E-state index contributed by atoms with van der Waals surface area (Å²) < 4.78 is 25.7. The molecule has 0 radical (unpaired) electrons. The van der Waals surface area contributed by atoms with Crippen LogP contribution >= 0.6 is 15.9 Å². The monoisotopic (exact) mass is 474 g/mol. The molecule has 3 aromatic rings. The Morgan fingerprint density at radius 2 is 1.97 bits per heavy atom. The van der Waals surface area contributed by atoms with Gasteiger partial charge >= 0.3 is 0 Å². The lowest BCUT2D eigenvalue weighted by Gasteiger charge is -2.28. The van der Waals surface area contributed by atoms with Crippen molar-refractivity contribution in [2.75, 3.05) is 39.2 Å². The third kappa shape index (κ3) is 4.65. The van der Waals surface area contributed by atoms with Gasteiger partial charge in [-0.3, -0.25) is 0 Å². The first kappa shape index (κ1) is 20.8. The van der Waals surface area contributed by atoms with Crippen LogP contribution in [0.25, 0.3) is 10.9 Å². The fourth-order valence-corrected chi connectivity index (χ4v) is 4.04. The molecule has 2 heterocycles. The minimum atomic E-state index is -0.312. The number of benzene rings is 2. The smallest absolute Gasteiger partial charge is 0.163 e. The molecule has 0 saturated carbocycles. The van der Waals surface area contributed by atoms with E-state index in [0.29, 0.717) is 40.0 Å². The van der Waals surface area contributed by atoms with E-state index in [0.717, 1.165) is 36.8 Å². The van der Waals surface area contributed by atoms with Gasteiger partial charge in [-0.1, -0.05) is 0 Å². The topological polar surface area (TPSA) is 59.5 Å². The number of piperidine rings is 1. The molecule has 0 unspecified atom stereocenters. The van der Waals surface area contributed by atoms with Crippen molar-refractivity contribution in [2.45, 2.75) is 12.8 Å². The Morgan fingerprint density at radius 3 is 2.70 bits per heavy atom. The molecule has 6 nitrogen and oxygen atoms in total. The molecule has 1 N–H and O–H groups in total. The highest BCUT2D eigenvalue weighted by atomic mass is 79.9. The van der Waals surface area contributed by atoms with Crippen molar-refractivity contribution in [2.24, 2.45) is 5.92 Å². The summed E-state index contributed by atoms with van der Waals surface area (Å²) in [4.78, 5) is 11.1. The van der Waals surface area contributed by atoms with E-state index in [2.05, 4.69) is 43.2 Å². The second-order valence-corrected chi connectivity index (χ2v) is 8.40. The van der Waals surface area contributed by atoms with E-state index in [9.17, 15) is 4.39 Å². The molecule has 8 heteroatoms. The summed E-state index contributed by atoms with van der Waals surface area (Å²) in [6.45, 7) is 2.86. The number of nitrogens with one attached hydrogen (secondary N) is 1. The molecule has 0 spiro atoms. The number of hydrogen-bond donors (Lipinski definition) is 1. The lowest BCUT2D eigenvalue weighted by molar-refractivity contribution is 0.157. The van der Waals surface area contributed by atoms with Gasteiger partial charge in [0, 0.05) is 15.9 Å². The minimum Gasteiger partial charge on any atom is -0.493 e. The Balaban J connectivity index is 1.58. The van der Waals surface area contributed by atoms with Crippen molar-refractivity contribution in [1.29, 1.82) is 0 Å². The number of anilines is 2. The lowest BCUT2D eigenvalue weighted by Crippen LogP contribution is -2.32. The van der Waals surface area contributed by atoms with Crippen LogP contribution in [0.1, 0.15) is 12.8 Å². The summed E-state index contributed by atoms with van der Waals surface area (Å²) in [5, 5.41) is 4.02. The Bertz CT molecular complexity index is 1040. The number of nitrogens with zero attached hydrogens (tertiary/aromatic N) is 3. The second kappa shape index (κ2) is 9.14. The van der Waals surface area contributed by atoms with Gasteiger partial charge in [0.2, 0.25) is 0 Å². The Kier molecular flexibility index (Phi) is 6.34. The van der Waals surface area contributed by atoms with Gasteiger partial charge in [-0.15, -0.1) is 0 Å². The maximum atomic E-state index is 13.4. The van der Waals surface area contributed by atoms with Gasteiger partial charge < -0.3 is 19.7 Å². The van der Waals surface area contributed by atoms with Crippen LogP contribution in [0.5, 0.6) is 11.5 Å². The summed E-state index contributed by atoms with van der Waals surface area (Å²) in [6, 6.07) is 8.21. The molecule has 1 saturated heterocycles. The molecule has 1 aliphatic heterocycles. The van der Waals surface area contributed by atoms with E-state index in [1.807, 2.05) is 12.1 Å². The first-order valence-corrected chi connectivity index (χ1v) is 10.7. The highest BCUT2D eigenvalue weighted by Crippen LogP contribution is 2.36. The first-order valence-electron chi connectivity index (χ1n) is 9.89. The maximum Gasteiger partial charge on any atom is 0.163 e. The van der Waals surface area contributed by atoms with Crippen molar-refractivity contribution < 1.29 is 13.9 Å². The summed E-state index contributed by atoms with van der Waals surface area (Å²) >= 11 is 3.38. The van der Waals surface area contributed by atoms with Crippen LogP contribution < -0.4 is 14.8 Å². The van der Waals surface area contributed by atoms with E-state index in [4.69, 9.17) is 9.47 Å². The Labute approximate surface area is 183 Å². The molecule has 0 atom stereocenters. The Morgan fingerprint density at radius 1 is 1.17 bits per heavy atom. The SMILES string of the molecule is COc1cc2c(Nc3ccc(F)cc3Br)ncnc2cc1OCC1CCN(C)CC1. The summed E-state index contributed by atoms with van der Waals surface area (Å²) in [5.41, 5.74) is 1.45. The molecule has 2 aromatic carbocycles. The minimum absolute atomic E-state index is 0.312.